The van der Waals surface area contributed by atoms with Gasteiger partial charge in [0, 0.05) is 6.17 Å². The highest BCUT2D eigenvalue weighted by molar-refractivity contribution is 6.61. The number of hydrogen-bond donors (Lipinski definition) is 0. The van der Waals surface area contributed by atoms with Crippen molar-refractivity contribution in [1.82, 2.24) is 20.0 Å². The van der Waals surface area contributed by atoms with E-state index in [1.807, 2.05) is 27.7 Å². The average molecular weight is 277 g/mol. The fraction of sp³-hybridized carbons (Fsp3) is 0.462. The van der Waals surface area contributed by atoms with Gasteiger partial charge in [0.2, 0.25) is 0 Å². The van der Waals surface area contributed by atoms with Crippen LogP contribution in [0.2, 0.25) is 0 Å². The Balaban J connectivity index is 2.06. The molecule has 1 aliphatic rings. The van der Waals surface area contributed by atoms with Gasteiger partial charge in [-0.2, -0.15) is 0 Å². The Morgan fingerprint density at radius 2 is 1.95 bits per heavy atom. The normalized spacial score (nSPS) is 23.8. The summed E-state index contributed by atoms with van der Waals surface area (Å²) in [7, 11) is -0.909. The Labute approximate surface area is 125 Å². The van der Waals surface area contributed by atoms with Crippen molar-refractivity contribution in [2.24, 2.45) is 0 Å². The van der Waals surface area contributed by atoms with Gasteiger partial charge in [0.15, 0.2) is 0 Å². The highest BCUT2D eigenvalue weighted by Gasteiger charge is 2.52. The average Bonchev–Trinajstić information content (AvgIpc) is 2.95. The zero-order chi connectivity index (χ0) is 18.7. The Morgan fingerprint density at radius 1 is 1.25 bits per heavy atom. The van der Waals surface area contributed by atoms with E-state index >= 15 is 0 Å². The molecule has 1 fully saturated rings. The molecule has 2 aromatic heterocycles. The molecule has 104 valence electrons. The summed E-state index contributed by atoms with van der Waals surface area (Å²) in [5.41, 5.74) is -1.30. The quantitative estimate of drug-likeness (QED) is 0.765. The number of rotatable bonds is 2. The van der Waals surface area contributed by atoms with Crippen molar-refractivity contribution >= 4 is 12.7 Å². The van der Waals surface area contributed by atoms with E-state index in [1.54, 1.807) is 0 Å². The second-order valence-electron chi connectivity index (χ2n) is 5.52. The fourth-order valence-corrected chi connectivity index (χ4v) is 1.73. The highest BCUT2D eigenvalue weighted by Crippen LogP contribution is 2.36. The van der Waals surface area contributed by atoms with Gasteiger partial charge in [0.1, 0.15) is 5.59 Å². The van der Waals surface area contributed by atoms with E-state index in [9.17, 15) is 0 Å². The Hall–Kier alpha value is -1.73. The van der Waals surface area contributed by atoms with E-state index in [-0.39, 0.29) is 17.5 Å². The minimum absolute atomic E-state index is 0.110. The van der Waals surface area contributed by atoms with Crippen LogP contribution in [0.3, 0.4) is 0 Å². The molecule has 1 aliphatic heterocycles. The van der Waals surface area contributed by atoms with Crippen molar-refractivity contribution in [1.29, 1.82) is 0 Å². The molecule has 3 rings (SSSR count). The van der Waals surface area contributed by atoms with Crippen LogP contribution in [0.4, 0.5) is 0 Å². The molecule has 6 nitrogen and oxygen atoms in total. The molecule has 3 heterocycles. The maximum atomic E-state index is 8.28. The third kappa shape index (κ3) is 2.12. The summed E-state index contributed by atoms with van der Waals surface area (Å²) < 4.78 is 51.9. The lowest BCUT2D eigenvalue weighted by atomic mass is 9.86. The van der Waals surface area contributed by atoms with Crippen LogP contribution in [-0.2, 0) is 9.31 Å². The molecule has 0 aliphatic carbocycles. The van der Waals surface area contributed by atoms with Gasteiger partial charge in [-0.1, -0.05) is 5.21 Å². The van der Waals surface area contributed by atoms with Crippen LogP contribution < -0.4 is 5.59 Å². The van der Waals surface area contributed by atoms with Gasteiger partial charge in [-0.3, -0.25) is 4.98 Å². The van der Waals surface area contributed by atoms with Crippen molar-refractivity contribution < 1.29 is 16.2 Å². The zero-order valence-electron chi connectivity index (χ0n) is 16.7. The lowest BCUT2D eigenvalue weighted by molar-refractivity contribution is 0.00578. The van der Waals surface area contributed by atoms with Gasteiger partial charge in [0.25, 0.3) is 0 Å². The molecular weight excluding hydrogens is 255 g/mol. The van der Waals surface area contributed by atoms with E-state index < -0.39 is 42.8 Å². The summed E-state index contributed by atoms with van der Waals surface area (Å²) in [6, 6.07) is -0.859. The van der Waals surface area contributed by atoms with Gasteiger partial charge in [-0.05, 0) is 39.8 Å². The predicted octanol–water partition coefficient (Wildman–Crippen LogP) is 0.961. The van der Waals surface area contributed by atoms with Crippen LogP contribution in [0.1, 0.15) is 34.5 Å². The molecule has 0 spiro atoms. The largest absolute Gasteiger partial charge is 0.518 e. The molecule has 0 aromatic carbocycles. The molecule has 0 bridgehead atoms. The third-order valence-electron chi connectivity index (χ3n) is 3.61. The first-order chi connectivity index (χ1) is 11.5. The maximum absolute atomic E-state index is 8.28. The molecule has 0 unspecified atom stereocenters. The number of hydrogen-bond acceptors (Lipinski definition) is 5. The summed E-state index contributed by atoms with van der Waals surface area (Å²) in [4.78, 5) is 3.60. The van der Waals surface area contributed by atoms with E-state index in [0.717, 1.165) is 4.68 Å². The summed E-state index contributed by atoms with van der Waals surface area (Å²) in [6.45, 7) is 7.48. The smallest absolute Gasteiger partial charge is 0.398 e. The number of nitrogens with zero attached hydrogens (tertiary/aromatic N) is 4. The monoisotopic (exact) mass is 277 g/mol. The molecule has 0 N–H and O–H groups in total. The molecule has 20 heavy (non-hydrogen) atoms. The molecule has 0 atom stereocenters. The summed E-state index contributed by atoms with van der Waals surface area (Å²) in [6.07, 6.45) is -1.12. The van der Waals surface area contributed by atoms with Crippen molar-refractivity contribution in [3.63, 3.8) is 0 Å². The van der Waals surface area contributed by atoms with E-state index in [0.29, 0.717) is 0 Å². The van der Waals surface area contributed by atoms with Gasteiger partial charge < -0.3 is 9.31 Å². The highest BCUT2D eigenvalue weighted by atomic mass is 16.7. The first-order valence-corrected chi connectivity index (χ1v) is 6.19. The topological polar surface area (TPSA) is 62.1 Å². The van der Waals surface area contributed by atoms with Gasteiger partial charge in [0.05, 0.1) is 36.1 Å². The number of pyridine rings is 1. The number of aromatic nitrogens is 4. The molecule has 2 aromatic rings. The van der Waals surface area contributed by atoms with Crippen molar-refractivity contribution in [2.45, 2.75) is 38.9 Å². The van der Waals surface area contributed by atoms with Crippen LogP contribution in [0.5, 0.6) is 0 Å². The molecule has 0 saturated carbocycles. The molecular formula is C13H17BN4O2. The molecule has 7 heteroatoms. The van der Waals surface area contributed by atoms with Crippen LogP contribution in [-0.4, -0.2) is 38.3 Å². The standard InChI is InChI=1S/C13H17BN4O2/c1-12(2)13(3,4)20-14(19-12)11-9-18(17-16-11)10-6-5-7-15-8-10/h5-9H,1-4H3/i5D,6D,7D,8D,9D. The summed E-state index contributed by atoms with van der Waals surface area (Å²) >= 11 is 0. The lowest BCUT2D eigenvalue weighted by Crippen LogP contribution is -2.41. The first-order valence-electron chi connectivity index (χ1n) is 8.69. The fourth-order valence-electron chi connectivity index (χ4n) is 1.73. The van der Waals surface area contributed by atoms with E-state index in [1.165, 1.54) is 0 Å². The Bertz CT molecular complexity index is 841. The van der Waals surface area contributed by atoms with Crippen LogP contribution >= 0.6 is 0 Å². The van der Waals surface area contributed by atoms with Crippen LogP contribution in [0.15, 0.2) is 30.6 Å². The van der Waals surface area contributed by atoms with Crippen LogP contribution in [0.25, 0.3) is 5.69 Å². The van der Waals surface area contributed by atoms with Gasteiger partial charge in [-0.15, -0.1) is 5.10 Å². The Kier molecular flexibility index (Phi) is 1.88. The van der Waals surface area contributed by atoms with Crippen LogP contribution in [0, 0.1) is 0 Å². The van der Waals surface area contributed by atoms with Crippen molar-refractivity contribution in [3.05, 3.63) is 30.6 Å². The molecule has 1 saturated heterocycles. The van der Waals surface area contributed by atoms with Crippen molar-refractivity contribution in [2.75, 3.05) is 0 Å². The second-order valence-corrected chi connectivity index (χ2v) is 5.52. The minimum atomic E-state index is -0.909. The lowest BCUT2D eigenvalue weighted by Gasteiger charge is -2.32. The second kappa shape index (κ2) is 4.39. The molecule has 0 amide bonds. The van der Waals surface area contributed by atoms with Gasteiger partial charge >= 0.3 is 7.12 Å². The maximum Gasteiger partial charge on any atom is 0.518 e. The minimum Gasteiger partial charge on any atom is -0.398 e. The van der Waals surface area contributed by atoms with E-state index in [2.05, 4.69) is 15.3 Å². The third-order valence-corrected chi connectivity index (χ3v) is 3.61. The summed E-state index contributed by atoms with van der Waals surface area (Å²) in [5.74, 6) is 0. The molecule has 0 radical (unpaired) electrons. The SMILES string of the molecule is [2H]c1nc([2H])c(-n2nnc(B3OC(C)(C)C(C)(C)O3)c2[2H])c([2H])c1[2H]. The zero-order valence-corrected chi connectivity index (χ0v) is 11.7. The van der Waals surface area contributed by atoms with Crippen molar-refractivity contribution in [3.8, 4) is 5.69 Å². The van der Waals surface area contributed by atoms with E-state index in [4.69, 9.17) is 16.2 Å². The summed E-state index contributed by atoms with van der Waals surface area (Å²) in [5, 5.41) is 7.73. The predicted molar refractivity (Wildman–Crippen MR) is 74.9 cm³/mol. The van der Waals surface area contributed by atoms with Gasteiger partial charge in [-0.25, -0.2) is 4.68 Å². The Morgan fingerprint density at radius 3 is 2.65 bits per heavy atom. The first kappa shape index (κ1) is 8.54.